The van der Waals surface area contributed by atoms with Gasteiger partial charge in [0.1, 0.15) is 12.4 Å². The second kappa shape index (κ2) is 9.78. The van der Waals surface area contributed by atoms with Gasteiger partial charge in [0.15, 0.2) is 5.96 Å². The molecule has 2 N–H and O–H groups in total. The molecule has 0 saturated carbocycles. The molecule has 1 aliphatic heterocycles. The molecule has 1 amide bonds. The quantitative estimate of drug-likeness (QED) is 0.422. The van der Waals surface area contributed by atoms with Gasteiger partial charge in [0.25, 0.3) is 0 Å². The van der Waals surface area contributed by atoms with Gasteiger partial charge >= 0.3 is 0 Å². The van der Waals surface area contributed by atoms with E-state index in [9.17, 15) is 4.79 Å². The highest BCUT2D eigenvalue weighted by Crippen LogP contribution is 2.27. The fourth-order valence-electron chi connectivity index (χ4n) is 3.02. The summed E-state index contributed by atoms with van der Waals surface area (Å²) in [6, 6.07) is 11.8. The van der Waals surface area contributed by atoms with Gasteiger partial charge in [-0.15, -0.1) is 0 Å². The summed E-state index contributed by atoms with van der Waals surface area (Å²) in [5, 5.41) is 6.27. The fraction of sp³-hybridized carbons (Fsp3) is 0.400. The van der Waals surface area contributed by atoms with Crippen molar-refractivity contribution in [2.75, 3.05) is 38.2 Å². The maximum atomic E-state index is 12.5. The molecule has 3 rings (SSSR count). The molecule has 2 heterocycles. The molecule has 27 heavy (non-hydrogen) atoms. The number of carbonyl (C=O) groups excluding carboxylic acids is 1. The highest BCUT2D eigenvalue weighted by Gasteiger charge is 2.23. The lowest BCUT2D eigenvalue weighted by atomic mass is 10.2. The summed E-state index contributed by atoms with van der Waals surface area (Å²) in [7, 11) is 1.69. The number of benzene rings is 1. The molecular formula is C20H26N4O3. The van der Waals surface area contributed by atoms with Gasteiger partial charge < -0.3 is 24.7 Å². The monoisotopic (exact) mass is 370 g/mol. The highest BCUT2D eigenvalue weighted by atomic mass is 16.5. The van der Waals surface area contributed by atoms with Crippen molar-refractivity contribution in [2.45, 2.75) is 19.4 Å². The number of hydrogen-bond donors (Lipinski definition) is 2. The Hall–Kier alpha value is -2.80. The Morgan fingerprint density at radius 3 is 2.96 bits per heavy atom. The zero-order valence-corrected chi connectivity index (χ0v) is 15.6. The Morgan fingerprint density at radius 1 is 1.26 bits per heavy atom. The van der Waals surface area contributed by atoms with E-state index in [-0.39, 0.29) is 12.5 Å². The number of amides is 1. The van der Waals surface area contributed by atoms with Crippen LogP contribution in [0.2, 0.25) is 0 Å². The first-order chi connectivity index (χ1) is 13.3. The van der Waals surface area contributed by atoms with Crippen molar-refractivity contribution in [2.24, 2.45) is 4.99 Å². The molecule has 7 heteroatoms. The van der Waals surface area contributed by atoms with Crippen LogP contribution < -0.4 is 15.5 Å². The number of anilines is 1. The molecule has 0 radical (unpaired) electrons. The third-order valence-corrected chi connectivity index (χ3v) is 4.40. The molecule has 0 fully saturated rings. The first kappa shape index (κ1) is 19.0. The van der Waals surface area contributed by atoms with Crippen molar-refractivity contribution >= 4 is 17.6 Å². The minimum atomic E-state index is 0.0460. The first-order valence-corrected chi connectivity index (χ1v) is 9.21. The van der Waals surface area contributed by atoms with Gasteiger partial charge in [0.05, 0.1) is 12.8 Å². The van der Waals surface area contributed by atoms with Gasteiger partial charge in [-0.1, -0.05) is 18.2 Å². The van der Waals surface area contributed by atoms with Crippen LogP contribution in [-0.4, -0.2) is 45.2 Å². The Bertz CT molecular complexity index is 758. The van der Waals surface area contributed by atoms with Gasteiger partial charge in [0, 0.05) is 32.4 Å². The van der Waals surface area contributed by atoms with E-state index < -0.39 is 0 Å². The van der Waals surface area contributed by atoms with Crippen LogP contribution in [-0.2, 0) is 22.6 Å². The van der Waals surface area contributed by atoms with E-state index in [2.05, 4.69) is 21.7 Å². The maximum absolute atomic E-state index is 12.5. The van der Waals surface area contributed by atoms with Crippen molar-refractivity contribution in [1.82, 2.24) is 10.6 Å². The average Bonchev–Trinajstić information content (AvgIpc) is 3.36. The molecule has 0 aliphatic carbocycles. The third kappa shape index (κ3) is 5.34. The third-order valence-electron chi connectivity index (χ3n) is 4.40. The summed E-state index contributed by atoms with van der Waals surface area (Å²) in [5.74, 6) is 1.48. The van der Waals surface area contributed by atoms with Crippen LogP contribution in [0.5, 0.6) is 0 Å². The molecule has 2 aromatic rings. The molecule has 0 spiro atoms. The van der Waals surface area contributed by atoms with E-state index in [0.717, 1.165) is 30.8 Å². The molecule has 1 aromatic heterocycles. The molecule has 0 atom stereocenters. The number of ether oxygens (including phenoxy) is 1. The predicted octanol–water partition coefficient (Wildman–Crippen LogP) is 1.94. The molecule has 7 nitrogen and oxygen atoms in total. The normalized spacial score (nSPS) is 13.5. The van der Waals surface area contributed by atoms with Crippen LogP contribution in [0.15, 0.2) is 52.1 Å². The zero-order valence-electron chi connectivity index (χ0n) is 15.6. The lowest BCUT2D eigenvalue weighted by Crippen LogP contribution is -2.44. The number of para-hydroxylation sites is 1. The lowest BCUT2D eigenvalue weighted by Gasteiger charge is -2.18. The van der Waals surface area contributed by atoms with E-state index in [4.69, 9.17) is 9.15 Å². The van der Waals surface area contributed by atoms with Crippen molar-refractivity contribution in [3.05, 3.63) is 54.0 Å². The predicted molar refractivity (Wildman–Crippen MR) is 105 cm³/mol. The number of nitrogens with zero attached hydrogens (tertiary/aromatic N) is 2. The van der Waals surface area contributed by atoms with E-state index >= 15 is 0 Å². The maximum Gasteiger partial charge on any atom is 0.246 e. The smallest absolute Gasteiger partial charge is 0.246 e. The van der Waals surface area contributed by atoms with Crippen LogP contribution in [0.4, 0.5) is 5.69 Å². The molecule has 0 bridgehead atoms. The molecule has 0 unspecified atom stereocenters. The molecular weight excluding hydrogens is 344 g/mol. The fourth-order valence-corrected chi connectivity index (χ4v) is 3.02. The van der Waals surface area contributed by atoms with Crippen LogP contribution >= 0.6 is 0 Å². The summed E-state index contributed by atoms with van der Waals surface area (Å²) in [6.45, 7) is 2.75. The van der Waals surface area contributed by atoms with Gasteiger partial charge in [-0.2, -0.15) is 0 Å². The number of fused-ring (bicyclic) bond motifs is 1. The first-order valence-electron chi connectivity index (χ1n) is 9.21. The number of furan rings is 1. The summed E-state index contributed by atoms with van der Waals surface area (Å²) in [4.78, 5) is 18.5. The molecule has 144 valence electrons. The SMILES string of the molecule is CN=C(NCCCOCc1ccco1)NCC(=O)N1CCc2ccccc21. The van der Waals surface area contributed by atoms with Gasteiger partial charge in [-0.05, 0) is 36.6 Å². The Kier molecular flexibility index (Phi) is 6.87. The minimum absolute atomic E-state index is 0.0460. The van der Waals surface area contributed by atoms with Gasteiger partial charge in [-0.3, -0.25) is 9.79 Å². The number of rotatable bonds is 8. The summed E-state index contributed by atoms with van der Waals surface area (Å²) >= 11 is 0. The number of carbonyl (C=O) groups is 1. The van der Waals surface area contributed by atoms with Crippen LogP contribution in [0, 0.1) is 0 Å². The van der Waals surface area contributed by atoms with E-state index in [1.54, 1.807) is 13.3 Å². The number of guanidine groups is 1. The number of hydrogen-bond acceptors (Lipinski definition) is 4. The second-order valence-electron chi connectivity index (χ2n) is 6.26. The number of aliphatic imine (C=N–C) groups is 1. The second-order valence-corrected chi connectivity index (χ2v) is 6.26. The zero-order chi connectivity index (χ0) is 18.9. The summed E-state index contributed by atoms with van der Waals surface area (Å²) < 4.78 is 10.7. The highest BCUT2D eigenvalue weighted by molar-refractivity contribution is 5.98. The van der Waals surface area contributed by atoms with Crippen molar-refractivity contribution in [1.29, 1.82) is 0 Å². The molecule has 1 aliphatic rings. The summed E-state index contributed by atoms with van der Waals surface area (Å²) in [5.41, 5.74) is 2.24. The van der Waals surface area contributed by atoms with E-state index in [1.165, 1.54) is 5.56 Å². The molecule has 1 aromatic carbocycles. The van der Waals surface area contributed by atoms with Gasteiger partial charge in [0.2, 0.25) is 5.91 Å². The van der Waals surface area contributed by atoms with E-state index in [1.807, 2.05) is 35.2 Å². The largest absolute Gasteiger partial charge is 0.467 e. The minimum Gasteiger partial charge on any atom is -0.467 e. The molecule has 0 saturated heterocycles. The van der Waals surface area contributed by atoms with Crippen LogP contribution in [0.3, 0.4) is 0 Å². The van der Waals surface area contributed by atoms with Crippen LogP contribution in [0.25, 0.3) is 0 Å². The van der Waals surface area contributed by atoms with Crippen molar-refractivity contribution in [3.63, 3.8) is 0 Å². The van der Waals surface area contributed by atoms with Gasteiger partial charge in [-0.25, -0.2) is 0 Å². The Morgan fingerprint density at radius 2 is 2.15 bits per heavy atom. The standard InChI is InChI=1S/C20H26N4O3/c1-21-20(22-10-5-12-26-15-17-7-4-13-27-17)23-14-19(25)24-11-9-16-6-2-3-8-18(16)24/h2-4,6-8,13H,5,9-12,14-15H2,1H3,(H2,21,22,23). The van der Waals surface area contributed by atoms with Crippen LogP contribution in [0.1, 0.15) is 17.7 Å². The van der Waals surface area contributed by atoms with Crippen molar-refractivity contribution in [3.8, 4) is 0 Å². The van der Waals surface area contributed by atoms with Crippen molar-refractivity contribution < 1.29 is 13.9 Å². The average molecular weight is 370 g/mol. The summed E-state index contributed by atoms with van der Waals surface area (Å²) in [6.07, 6.45) is 3.37. The Balaban J connectivity index is 1.33. The van der Waals surface area contributed by atoms with E-state index in [0.29, 0.717) is 25.7 Å². The number of nitrogens with one attached hydrogen (secondary N) is 2. The lowest BCUT2D eigenvalue weighted by molar-refractivity contribution is -0.117. The topological polar surface area (TPSA) is 79.1 Å². The Labute approximate surface area is 159 Å².